The zero-order valence-corrected chi connectivity index (χ0v) is 8.32. The minimum Gasteiger partial charge on any atom is -0.374 e. The van der Waals surface area contributed by atoms with Crippen LogP contribution in [0.25, 0.3) is 0 Å². The van der Waals surface area contributed by atoms with Gasteiger partial charge in [0.25, 0.3) is 0 Å². The molecule has 0 aromatic carbocycles. The number of rotatable bonds is 2. The lowest BCUT2D eigenvalue weighted by atomic mass is 10.1. The van der Waals surface area contributed by atoms with E-state index in [1.165, 1.54) is 0 Å². The molecular weight excluding hydrogens is 168 g/mol. The fraction of sp³-hybridized carbons (Fsp3) is 0.889. The fourth-order valence-corrected chi connectivity index (χ4v) is 1.43. The Morgan fingerprint density at radius 1 is 1.69 bits per heavy atom. The molecule has 1 aliphatic rings. The molecule has 0 aromatic rings. The van der Waals surface area contributed by atoms with Gasteiger partial charge in [0, 0.05) is 13.1 Å². The molecular formula is C9H18N2O2. The van der Waals surface area contributed by atoms with Gasteiger partial charge in [-0.05, 0) is 5.92 Å². The van der Waals surface area contributed by atoms with E-state index in [9.17, 15) is 4.79 Å². The smallest absolute Gasteiger partial charge is 0.236 e. The second kappa shape index (κ2) is 4.58. The average molecular weight is 186 g/mol. The Hall–Kier alpha value is -0.610. The van der Waals surface area contributed by atoms with Gasteiger partial charge in [0.15, 0.2) is 0 Å². The molecule has 0 radical (unpaired) electrons. The Labute approximate surface area is 79.0 Å². The van der Waals surface area contributed by atoms with Crippen LogP contribution in [0.3, 0.4) is 0 Å². The van der Waals surface area contributed by atoms with Crippen molar-refractivity contribution >= 4 is 5.91 Å². The van der Waals surface area contributed by atoms with Crippen molar-refractivity contribution < 1.29 is 9.53 Å². The number of amides is 1. The topological polar surface area (TPSA) is 55.6 Å². The van der Waals surface area contributed by atoms with Gasteiger partial charge in [-0.1, -0.05) is 13.8 Å². The van der Waals surface area contributed by atoms with Crippen molar-refractivity contribution in [3.63, 3.8) is 0 Å². The Balaban J connectivity index is 2.46. The summed E-state index contributed by atoms with van der Waals surface area (Å²) < 4.78 is 5.53. The Morgan fingerprint density at radius 2 is 2.38 bits per heavy atom. The predicted molar refractivity (Wildman–Crippen MR) is 50.2 cm³/mol. The van der Waals surface area contributed by atoms with Gasteiger partial charge in [0.2, 0.25) is 5.91 Å². The molecule has 76 valence electrons. The molecule has 0 bridgehead atoms. The molecule has 0 spiro atoms. The van der Waals surface area contributed by atoms with Gasteiger partial charge in [0.1, 0.15) is 0 Å². The number of carbonyl (C=O) groups excluding carboxylic acids is 1. The van der Waals surface area contributed by atoms with Gasteiger partial charge in [-0.25, -0.2) is 0 Å². The first-order chi connectivity index (χ1) is 6.15. The molecule has 4 nitrogen and oxygen atoms in total. The molecule has 13 heavy (non-hydrogen) atoms. The van der Waals surface area contributed by atoms with Crippen LogP contribution >= 0.6 is 0 Å². The van der Waals surface area contributed by atoms with Gasteiger partial charge in [-0.2, -0.15) is 0 Å². The van der Waals surface area contributed by atoms with Crippen LogP contribution in [-0.2, 0) is 9.53 Å². The maximum absolute atomic E-state index is 11.3. The van der Waals surface area contributed by atoms with E-state index in [0.717, 1.165) is 0 Å². The van der Waals surface area contributed by atoms with E-state index in [2.05, 4.69) is 13.8 Å². The highest BCUT2D eigenvalue weighted by atomic mass is 16.5. The Bertz CT molecular complexity index is 182. The van der Waals surface area contributed by atoms with Crippen molar-refractivity contribution in [2.75, 3.05) is 26.2 Å². The lowest BCUT2D eigenvalue weighted by Crippen LogP contribution is -2.49. The second-order valence-electron chi connectivity index (χ2n) is 3.70. The molecule has 0 aliphatic carbocycles. The molecule has 1 aliphatic heterocycles. The molecule has 1 fully saturated rings. The first-order valence-electron chi connectivity index (χ1n) is 4.74. The number of ether oxygens (including phenoxy) is 1. The predicted octanol–water partition coefficient (Wildman–Crippen LogP) is -0.171. The monoisotopic (exact) mass is 186 g/mol. The zero-order valence-electron chi connectivity index (χ0n) is 8.32. The number of hydrogen-bond donors (Lipinski definition) is 1. The summed E-state index contributed by atoms with van der Waals surface area (Å²) in [6.07, 6.45) is 0.171. The third-order valence-electron chi connectivity index (χ3n) is 2.36. The van der Waals surface area contributed by atoms with E-state index in [1.807, 2.05) is 0 Å². The number of morpholine rings is 1. The van der Waals surface area contributed by atoms with Crippen LogP contribution in [0.4, 0.5) is 0 Å². The van der Waals surface area contributed by atoms with Crippen molar-refractivity contribution in [3.8, 4) is 0 Å². The van der Waals surface area contributed by atoms with E-state index in [-0.39, 0.29) is 18.6 Å². The lowest BCUT2D eigenvalue weighted by Gasteiger charge is -2.34. The van der Waals surface area contributed by atoms with Gasteiger partial charge in [0.05, 0.1) is 19.3 Å². The fourth-order valence-electron chi connectivity index (χ4n) is 1.43. The molecule has 1 rings (SSSR count). The Kier molecular flexibility index (Phi) is 3.69. The van der Waals surface area contributed by atoms with E-state index in [1.54, 1.807) is 4.90 Å². The molecule has 0 aromatic heterocycles. The van der Waals surface area contributed by atoms with Crippen LogP contribution in [0, 0.1) is 5.92 Å². The summed E-state index contributed by atoms with van der Waals surface area (Å²) in [5.41, 5.74) is 5.29. The minimum atomic E-state index is 0.0222. The summed E-state index contributed by atoms with van der Waals surface area (Å²) in [7, 11) is 0. The maximum atomic E-state index is 11.3. The summed E-state index contributed by atoms with van der Waals surface area (Å²) in [6.45, 7) is 6.30. The summed E-state index contributed by atoms with van der Waals surface area (Å²) >= 11 is 0. The summed E-state index contributed by atoms with van der Waals surface area (Å²) in [5, 5.41) is 0. The molecule has 1 heterocycles. The van der Waals surface area contributed by atoms with Crippen LogP contribution in [0.2, 0.25) is 0 Å². The van der Waals surface area contributed by atoms with Crippen molar-refractivity contribution in [1.29, 1.82) is 0 Å². The Morgan fingerprint density at radius 3 is 2.92 bits per heavy atom. The second-order valence-corrected chi connectivity index (χ2v) is 3.70. The molecule has 1 amide bonds. The molecule has 4 heteroatoms. The summed E-state index contributed by atoms with van der Waals surface area (Å²) in [4.78, 5) is 13.1. The third kappa shape index (κ3) is 2.67. The first kappa shape index (κ1) is 10.5. The maximum Gasteiger partial charge on any atom is 0.236 e. The SMILES string of the molecule is CC(C)C1CN(C(=O)CN)CCO1. The first-order valence-corrected chi connectivity index (χ1v) is 4.74. The van der Waals surface area contributed by atoms with Crippen molar-refractivity contribution in [3.05, 3.63) is 0 Å². The van der Waals surface area contributed by atoms with Crippen LogP contribution < -0.4 is 5.73 Å². The zero-order chi connectivity index (χ0) is 9.84. The minimum absolute atomic E-state index is 0.0222. The summed E-state index contributed by atoms with van der Waals surface area (Å²) in [5.74, 6) is 0.474. The highest BCUT2D eigenvalue weighted by molar-refractivity contribution is 5.78. The van der Waals surface area contributed by atoms with Crippen LogP contribution in [0.5, 0.6) is 0 Å². The van der Waals surface area contributed by atoms with Crippen molar-refractivity contribution in [2.45, 2.75) is 20.0 Å². The van der Waals surface area contributed by atoms with Crippen LogP contribution in [0.15, 0.2) is 0 Å². The molecule has 2 N–H and O–H groups in total. The van der Waals surface area contributed by atoms with Crippen LogP contribution in [0.1, 0.15) is 13.8 Å². The van der Waals surface area contributed by atoms with E-state index in [4.69, 9.17) is 10.5 Å². The number of carbonyl (C=O) groups is 1. The van der Waals surface area contributed by atoms with Crippen molar-refractivity contribution in [1.82, 2.24) is 4.90 Å². The van der Waals surface area contributed by atoms with E-state index in [0.29, 0.717) is 25.6 Å². The van der Waals surface area contributed by atoms with Crippen LogP contribution in [-0.4, -0.2) is 43.2 Å². The number of hydrogen-bond acceptors (Lipinski definition) is 3. The molecule has 1 unspecified atom stereocenters. The van der Waals surface area contributed by atoms with E-state index >= 15 is 0 Å². The number of nitrogens with zero attached hydrogens (tertiary/aromatic N) is 1. The molecule has 1 saturated heterocycles. The quantitative estimate of drug-likeness (QED) is 0.651. The lowest BCUT2D eigenvalue weighted by molar-refractivity contribution is -0.138. The normalized spacial score (nSPS) is 23.7. The van der Waals surface area contributed by atoms with Gasteiger partial charge in [-0.3, -0.25) is 4.79 Å². The average Bonchev–Trinajstić information content (AvgIpc) is 2.17. The standard InChI is InChI=1S/C9H18N2O2/c1-7(2)8-6-11(3-4-13-8)9(12)5-10/h7-8H,3-6,10H2,1-2H3. The summed E-state index contributed by atoms with van der Waals surface area (Å²) in [6, 6.07) is 0. The van der Waals surface area contributed by atoms with Gasteiger partial charge >= 0.3 is 0 Å². The largest absolute Gasteiger partial charge is 0.374 e. The number of nitrogens with two attached hydrogens (primary N) is 1. The van der Waals surface area contributed by atoms with Crippen molar-refractivity contribution in [2.24, 2.45) is 11.7 Å². The van der Waals surface area contributed by atoms with Gasteiger partial charge < -0.3 is 15.4 Å². The van der Waals surface area contributed by atoms with Gasteiger partial charge in [-0.15, -0.1) is 0 Å². The highest BCUT2D eigenvalue weighted by Gasteiger charge is 2.25. The van der Waals surface area contributed by atoms with E-state index < -0.39 is 0 Å². The highest BCUT2D eigenvalue weighted by Crippen LogP contribution is 2.12. The molecule has 1 atom stereocenters. The molecule has 0 saturated carbocycles. The third-order valence-corrected chi connectivity index (χ3v) is 2.36.